The van der Waals surface area contributed by atoms with E-state index in [1.807, 2.05) is 6.07 Å². The zero-order valence-electron chi connectivity index (χ0n) is 18.9. The molecule has 3 aromatic heterocycles. The van der Waals surface area contributed by atoms with Gasteiger partial charge in [-0.15, -0.1) is 5.10 Å². The van der Waals surface area contributed by atoms with Crippen LogP contribution in [0.25, 0.3) is 28.1 Å². The van der Waals surface area contributed by atoms with E-state index in [0.29, 0.717) is 27.8 Å². The van der Waals surface area contributed by atoms with Crippen molar-refractivity contribution >= 4 is 17.3 Å². The standard InChI is InChI=1S/C25H17ClF2N8O/c26-12-1-4-19(35-10-31-33-34-35)14(7-12)11-5-20-15-8-16(15)24(36(20)21(37)6-11)25-30-9-18(32-25)13-2-3-17(29)23(28)22(13)27/h1-7,9-10,15-16,24H,8,29H2,(H,30,32)/t15-,16+,24+/m1/s1. The summed E-state index contributed by atoms with van der Waals surface area (Å²) in [4.78, 5) is 21.0. The predicted octanol–water partition coefficient (Wildman–Crippen LogP) is 4.10. The van der Waals surface area contributed by atoms with Gasteiger partial charge in [-0.3, -0.25) is 4.79 Å². The number of halogens is 3. The molecule has 184 valence electrons. The Balaban J connectivity index is 1.31. The predicted molar refractivity (Wildman–Crippen MR) is 131 cm³/mol. The van der Waals surface area contributed by atoms with Crippen LogP contribution in [0.2, 0.25) is 5.02 Å². The first-order chi connectivity index (χ1) is 17.9. The Morgan fingerprint density at radius 2 is 1.95 bits per heavy atom. The van der Waals surface area contributed by atoms with E-state index in [0.717, 1.165) is 17.7 Å². The fourth-order valence-corrected chi connectivity index (χ4v) is 5.54. The summed E-state index contributed by atoms with van der Waals surface area (Å²) in [7, 11) is 0. The molecule has 1 saturated carbocycles. The van der Waals surface area contributed by atoms with Crippen molar-refractivity contribution in [1.29, 1.82) is 0 Å². The van der Waals surface area contributed by atoms with Crippen LogP contribution in [0.3, 0.4) is 0 Å². The zero-order chi connectivity index (χ0) is 25.4. The Labute approximate surface area is 212 Å². The maximum atomic E-state index is 14.5. The highest BCUT2D eigenvalue weighted by atomic mass is 35.5. The van der Waals surface area contributed by atoms with E-state index in [4.69, 9.17) is 17.3 Å². The lowest BCUT2D eigenvalue weighted by Crippen LogP contribution is -2.26. The van der Waals surface area contributed by atoms with Gasteiger partial charge in [0, 0.05) is 33.8 Å². The largest absolute Gasteiger partial charge is 0.396 e. The van der Waals surface area contributed by atoms with E-state index in [1.54, 1.807) is 28.8 Å². The van der Waals surface area contributed by atoms with Crippen molar-refractivity contribution in [3.8, 4) is 28.1 Å². The minimum Gasteiger partial charge on any atom is -0.396 e. The molecule has 3 N–H and O–H groups in total. The third-order valence-electron chi connectivity index (χ3n) is 7.14. The summed E-state index contributed by atoms with van der Waals surface area (Å²) in [5.41, 5.74) is 8.35. The van der Waals surface area contributed by atoms with Crippen molar-refractivity contribution in [3.05, 3.63) is 93.5 Å². The number of anilines is 1. The average molecular weight is 519 g/mol. The van der Waals surface area contributed by atoms with Gasteiger partial charge in [-0.1, -0.05) is 11.6 Å². The molecule has 3 atom stereocenters. The van der Waals surface area contributed by atoms with E-state index in [-0.39, 0.29) is 34.7 Å². The second-order valence-corrected chi connectivity index (χ2v) is 9.69. The maximum absolute atomic E-state index is 14.5. The third-order valence-corrected chi connectivity index (χ3v) is 7.38. The van der Waals surface area contributed by atoms with Gasteiger partial charge in [0.05, 0.1) is 29.3 Å². The van der Waals surface area contributed by atoms with Gasteiger partial charge < -0.3 is 15.3 Å². The molecule has 2 aromatic carbocycles. The lowest BCUT2D eigenvalue weighted by atomic mass is 10.0. The number of nitrogens with zero attached hydrogens (tertiary/aromatic N) is 6. The molecule has 37 heavy (non-hydrogen) atoms. The highest BCUT2D eigenvalue weighted by molar-refractivity contribution is 6.31. The summed E-state index contributed by atoms with van der Waals surface area (Å²) in [6.07, 6.45) is 3.82. The number of aromatic nitrogens is 7. The van der Waals surface area contributed by atoms with Gasteiger partial charge in [0.1, 0.15) is 12.2 Å². The normalized spacial score (nSPS) is 19.6. The fourth-order valence-electron chi connectivity index (χ4n) is 5.37. The summed E-state index contributed by atoms with van der Waals surface area (Å²) in [6, 6.07) is 11.2. The summed E-state index contributed by atoms with van der Waals surface area (Å²) < 4.78 is 31.8. The van der Waals surface area contributed by atoms with Crippen LogP contribution < -0.4 is 11.3 Å². The van der Waals surface area contributed by atoms with Crippen LogP contribution in [-0.4, -0.2) is 34.7 Å². The molecule has 0 saturated heterocycles. The summed E-state index contributed by atoms with van der Waals surface area (Å²) in [5, 5.41) is 11.9. The van der Waals surface area contributed by atoms with E-state index < -0.39 is 11.6 Å². The number of nitrogen functional groups attached to an aromatic ring is 1. The lowest BCUT2D eigenvalue weighted by molar-refractivity contribution is 0.511. The van der Waals surface area contributed by atoms with Crippen LogP contribution in [0.5, 0.6) is 0 Å². The molecule has 12 heteroatoms. The van der Waals surface area contributed by atoms with Crippen molar-refractivity contribution in [2.45, 2.75) is 18.4 Å². The number of nitrogens with one attached hydrogen (secondary N) is 1. The molecule has 4 heterocycles. The highest BCUT2D eigenvalue weighted by Gasteiger charge is 2.54. The number of aromatic amines is 1. The molecule has 5 aromatic rings. The number of rotatable bonds is 4. The molecule has 9 nitrogen and oxygen atoms in total. The number of pyridine rings is 1. The minimum absolute atomic E-state index is 0.0230. The third kappa shape index (κ3) is 3.30. The van der Waals surface area contributed by atoms with E-state index in [9.17, 15) is 13.6 Å². The van der Waals surface area contributed by atoms with Crippen LogP contribution in [0.15, 0.2) is 59.8 Å². The number of tetrazole rings is 1. The Morgan fingerprint density at radius 3 is 2.76 bits per heavy atom. The molecule has 1 aliphatic carbocycles. The first kappa shape index (κ1) is 21.9. The molecular formula is C25H17ClF2N8O. The van der Waals surface area contributed by atoms with Crippen molar-refractivity contribution in [3.63, 3.8) is 0 Å². The van der Waals surface area contributed by atoms with Gasteiger partial charge in [0.25, 0.3) is 5.56 Å². The molecule has 1 fully saturated rings. The number of imidazole rings is 1. The van der Waals surface area contributed by atoms with Crippen LogP contribution in [-0.2, 0) is 0 Å². The number of fused-ring (bicyclic) bond motifs is 3. The van der Waals surface area contributed by atoms with E-state index in [2.05, 4.69) is 25.5 Å². The molecule has 0 radical (unpaired) electrons. The smallest absolute Gasteiger partial charge is 0.252 e. The average Bonchev–Trinajstić information content (AvgIpc) is 3.23. The molecule has 2 aliphatic rings. The van der Waals surface area contributed by atoms with Crippen molar-refractivity contribution < 1.29 is 8.78 Å². The number of benzene rings is 2. The number of hydrogen-bond acceptors (Lipinski definition) is 6. The summed E-state index contributed by atoms with van der Waals surface area (Å²) in [5.74, 6) is -1.27. The number of hydrogen-bond donors (Lipinski definition) is 2. The molecule has 7 rings (SSSR count). The Morgan fingerprint density at radius 1 is 1.08 bits per heavy atom. The molecule has 0 unspecified atom stereocenters. The topological polar surface area (TPSA) is 120 Å². The van der Waals surface area contributed by atoms with Crippen LogP contribution in [0.4, 0.5) is 14.5 Å². The van der Waals surface area contributed by atoms with Gasteiger partial charge >= 0.3 is 0 Å². The fraction of sp³-hybridized carbons (Fsp3) is 0.160. The molecule has 0 amide bonds. The summed E-state index contributed by atoms with van der Waals surface area (Å²) >= 11 is 6.29. The van der Waals surface area contributed by atoms with Crippen molar-refractivity contribution in [2.24, 2.45) is 5.92 Å². The SMILES string of the molecule is Nc1ccc(-c2cnc([C@@H]3[C@H]4C[C@H]4c4cc(-c5cc(Cl)ccc5-n5cnnn5)cc(=O)n43)[nH]2)c(F)c1F. The minimum atomic E-state index is -1.10. The van der Waals surface area contributed by atoms with E-state index >= 15 is 0 Å². The van der Waals surface area contributed by atoms with Crippen LogP contribution in [0, 0.1) is 17.6 Å². The van der Waals surface area contributed by atoms with Crippen LogP contribution in [0.1, 0.15) is 29.9 Å². The van der Waals surface area contributed by atoms with Crippen LogP contribution >= 0.6 is 11.6 Å². The first-order valence-electron chi connectivity index (χ1n) is 11.5. The number of H-pyrrole nitrogens is 1. The first-order valence-corrected chi connectivity index (χ1v) is 11.9. The number of nitrogens with two attached hydrogens (primary N) is 1. The Kier molecular flexibility index (Phi) is 4.61. The highest BCUT2D eigenvalue weighted by Crippen LogP contribution is 2.60. The monoisotopic (exact) mass is 518 g/mol. The van der Waals surface area contributed by atoms with E-state index in [1.165, 1.54) is 29.3 Å². The second-order valence-electron chi connectivity index (χ2n) is 9.26. The van der Waals surface area contributed by atoms with Gasteiger partial charge in [-0.2, -0.15) is 4.68 Å². The molecule has 1 aliphatic heterocycles. The Hall–Kier alpha value is -4.38. The molecular weight excluding hydrogens is 502 g/mol. The molecule has 0 bridgehead atoms. The van der Waals surface area contributed by atoms with Crippen molar-refractivity contribution in [1.82, 2.24) is 34.7 Å². The van der Waals surface area contributed by atoms with Gasteiger partial charge in [-0.05, 0) is 64.7 Å². The summed E-state index contributed by atoms with van der Waals surface area (Å²) in [6.45, 7) is 0. The quantitative estimate of drug-likeness (QED) is 0.346. The van der Waals surface area contributed by atoms with Gasteiger partial charge in [0.15, 0.2) is 11.6 Å². The van der Waals surface area contributed by atoms with Crippen molar-refractivity contribution in [2.75, 3.05) is 5.73 Å². The zero-order valence-corrected chi connectivity index (χ0v) is 19.7. The van der Waals surface area contributed by atoms with Gasteiger partial charge in [-0.25, -0.2) is 13.8 Å². The van der Waals surface area contributed by atoms with Gasteiger partial charge in [0.2, 0.25) is 0 Å². The lowest BCUT2D eigenvalue weighted by Gasteiger charge is -2.18. The second kappa shape index (κ2) is 7.81. The maximum Gasteiger partial charge on any atom is 0.252 e. The molecule has 0 spiro atoms. The Bertz CT molecular complexity index is 1760.